The van der Waals surface area contributed by atoms with Crippen LogP contribution < -0.4 is 10.4 Å². The molecule has 2 aromatic carbocycles. The molecule has 2 nitrogen and oxygen atoms in total. The second-order valence-corrected chi connectivity index (χ2v) is 8.61. The zero-order chi connectivity index (χ0) is 24.2. The van der Waals surface area contributed by atoms with Gasteiger partial charge in [-0.1, -0.05) is 0 Å². The number of rotatable bonds is 2. The maximum absolute atomic E-state index is 13.2. The van der Waals surface area contributed by atoms with Gasteiger partial charge in [0.15, 0.2) is 0 Å². The van der Waals surface area contributed by atoms with E-state index in [1.165, 1.54) is 0 Å². The molecule has 0 spiro atoms. The van der Waals surface area contributed by atoms with Gasteiger partial charge in [-0.2, -0.15) is 52.7 Å². The van der Waals surface area contributed by atoms with Crippen LogP contribution in [0.15, 0.2) is 36.4 Å². The van der Waals surface area contributed by atoms with Crippen molar-refractivity contribution in [2.24, 2.45) is 0 Å². The molecule has 0 amide bonds. The van der Waals surface area contributed by atoms with Crippen molar-refractivity contribution in [2.75, 3.05) is 0 Å². The van der Waals surface area contributed by atoms with Gasteiger partial charge in [-0.25, -0.2) is 0 Å². The van der Waals surface area contributed by atoms with Crippen molar-refractivity contribution in [3.05, 3.63) is 58.7 Å². The van der Waals surface area contributed by atoms with Crippen molar-refractivity contribution in [3.8, 4) is 0 Å². The van der Waals surface area contributed by atoms with Crippen molar-refractivity contribution in [2.45, 2.75) is 24.7 Å². The van der Waals surface area contributed by atoms with Crippen LogP contribution in [0.4, 0.5) is 52.7 Å². The Balaban J connectivity index is 2.94. The van der Waals surface area contributed by atoms with Crippen molar-refractivity contribution in [1.29, 1.82) is 0 Å². The maximum atomic E-state index is 13.2. The number of benzene rings is 2. The van der Waals surface area contributed by atoms with Gasteiger partial charge in [0.2, 0.25) is 0 Å². The van der Waals surface area contributed by atoms with Crippen LogP contribution in [0.5, 0.6) is 0 Å². The van der Waals surface area contributed by atoms with Gasteiger partial charge in [0.25, 0.3) is 0 Å². The van der Waals surface area contributed by atoms with Gasteiger partial charge in [-0.3, -0.25) is 0 Å². The fourth-order valence-corrected chi connectivity index (χ4v) is 4.86. The minimum absolute atomic E-state index is 0.104. The SMILES string of the molecule is O[Si](O)(c1cc(C(F)(F)F)ccc1C(F)(F)F)c1cc(C(F)(F)F)ccc1C(F)(F)F. The molecule has 0 atom stereocenters. The monoisotopic (exact) mass is 488 g/mol. The minimum Gasteiger partial charge on any atom is -0.404 e. The van der Waals surface area contributed by atoms with Gasteiger partial charge in [-0.15, -0.1) is 0 Å². The second kappa shape index (κ2) is 7.41. The third-order valence-corrected chi connectivity index (χ3v) is 6.39. The summed E-state index contributed by atoms with van der Waals surface area (Å²) in [6, 6.07) is -1.56. The highest BCUT2D eigenvalue weighted by Gasteiger charge is 2.50. The molecule has 0 bridgehead atoms. The Kier molecular flexibility index (Phi) is 5.97. The summed E-state index contributed by atoms with van der Waals surface area (Å²) in [5, 5.41) is -4.00. The first-order chi connectivity index (χ1) is 13.7. The van der Waals surface area contributed by atoms with E-state index in [1.807, 2.05) is 0 Å². The van der Waals surface area contributed by atoms with E-state index in [-0.39, 0.29) is 24.3 Å². The first-order valence-electron chi connectivity index (χ1n) is 7.69. The number of halogens is 12. The van der Waals surface area contributed by atoms with Crippen molar-refractivity contribution >= 4 is 18.9 Å². The predicted octanol–water partition coefficient (Wildman–Crippen LogP) is 4.30. The van der Waals surface area contributed by atoms with Crippen LogP contribution in [0.3, 0.4) is 0 Å². The fourth-order valence-electron chi connectivity index (χ4n) is 2.66. The molecule has 0 aliphatic rings. The van der Waals surface area contributed by atoms with E-state index in [1.54, 1.807) is 0 Å². The molecule has 0 saturated heterocycles. The van der Waals surface area contributed by atoms with Crippen LogP contribution in [0.25, 0.3) is 0 Å². The topological polar surface area (TPSA) is 40.5 Å². The third-order valence-electron chi connectivity index (χ3n) is 4.06. The second-order valence-electron chi connectivity index (χ2n) is 6.18. The van der Waals surface area contributed by atoms with E-state index >= 15 is 0 Å². The summed E-state index contributed by atoms with van der Waals surface area (Å²) in [5.74, 6) is 0. The third kappa shape index (κ3) is 5.15. The van der Waals surface area contributed by atoms with Gasteiger partial charge < -0.3 is 9.59 Å². The van der Waals surface area contributed by atoms with Crippen LogP contribution >= 0.6 is 0 Å². The summed E-state index contributed by atoms with van der Waals surface area (Å²) in [5.41, 5.74) is -8.03. The summed E-state index contributed by atoms with van der Waals surface area (Å²) < 4.78 is 157. The maximum Gasteiger partial charge on any atom is 0.416 e. The summed E-state index contributed by atoms with van der Waals surface area (Å²) in [6.07, 6.45) is -21.8. The van der Waals surface area contributed by atoms with Crippen molar-refractivity contribution < 1.29 is 62.3 Å². The molecule has 2 rings (SSSR count). The predicted molar refractivity (Wildman–Crippen MR) is 82.4 cm³/mol. The van der Waals surface area contributed by atoms with Crippen LogP contribution in [0, 0.1) is 0 Å². The molecule has 15 heteroatoms. The number of alkyl halides is 12. The van der Waals surface area contributed by atoms with Gasteiger partial charge in [-0.05, 0) is 36.4 Å². The molecule has 0 aliphatic carbocycles. The molecular formula is C16H8F12O2Si. The zero-order valence-electron chi connectivity index (χ0n) is 14.4. The van der Waals surface area contributed by atoms with Crippen molar-refractivity contribution in [3.63, 3.8) is 0 Å². The summed E-state index contributed by atoms with van der Waals surface area (Å²) >= 11 is 0. The molecule has 31 heavy (non-hydrogen) atoms. The lowest BCUT2D eigenvalue weighted by Gasteiger charge is -2.27. The molecule has 0 aromatic heterocycles. The van der Waals surface area contributed by atoms with E-state index in [2.05, 4.69) is 0 Å². The Hall–Kier alpha value is -2.26. The van der Waals surface area contributed by atoms with E-state index < -0.39 is 78.0 Å². The smallest absolute Gasteiger partial charge is 0.404 e. The lowest BCUT2D eigenvalue weighted by atomic mass is 10.1. The molecule has 0 aliphatic heterocycles. The molecule has 0 fully saturated rings. The number of hydrogen-bond donors (Lipinski definition) is 2. The van der Waals surface area contributed by atoms with Crippen LogP contribution in [0.2, 0.25) is 0 Å². The Morgan fingerprint density at radius 3 is 1.00 bits per heavy atom. The van der Waals surface area contributed by atoms with Gasteiger partial charge in [0.1, 0.15) is 0 Å². The normalized spacial score (nSPS) is 14.1. The molecular weight excluding hydrogens is 480 g/mol. The molecule has 172 valence electrons. The summed E-state index contributed by atoms with van der Waals surface area (Å²) in [7, 11) is -6.42. The van der Waals surface area contributed by atoms with Crippen LogP contribution in [0.1, 0.15) is 22.3 Å². The summed E-state index contributed by atoms with van der Waals surface area (Å²) in [6.45, 7) is 0. The average molecular weight is 488 g/mol. The Bertz CT molecular complexity index is 893. The largest absolute Gasteiger partial charge is 0.416 e. The lowest BCUT2D eigenvalue weighted by Crippen LogP contribution is -2.63. The first kappa shape index (κ1) is 25.0. The van der Waals surface area contributed by atoms with Gasteiger partial charge >= 0.3 is 33.3 Å². The highest BCUT2D eigenvalue weighted by Crippen LogP contribution is 2.36. The fraction of sp³-hybridized carbons (Fsp3) is 0.250. The van der Waals surface area contributed by atoms with E-state index in [0.29, 0.717) is 0 Å². The highest BCUT2D eigenvalue weighted by atomic mass is 28.4. The average Bonchev–Trinajstić information content (AvgIpc) is 2.57. The van der Waals surface area contributed by atoms with Gasteiger partial charge in [0, 0.05) is 10.4 Å². The standard InChI is InChI=1S/C16H8F12O2Si/c17-13(18,19)7-1-3-9(15(23,24)25)11(5-7)31(29,30)12-6-8(14(20,21)22)2-4-10(12)16(26,27)28/h1-6,29-30H. The molecule has 0 heterocycles. The quantitative estimate of drug-likeness (QED) is 0.489. The minimum atomic E-state index is -6.42. The first-order valence-corrected chi connectivity index (χ1v) is 9.59. The van der Waals surface area contributed by atoms with Crippen molar-refractivity contribution in [1.82, 2.24) is 0 Å². The lowest BCUT2D eigenvalue weighted by molar-refractivity contribution is -0.141. The molecule has 0 saturated carbocycles. The Labute approximate surface area is 165 Å². The Morgan fingerprint density at radius 2 is 0.774 bits per heavy atom. The van der Waals surface area contributed by atoms with Gasteiger partial charge in [0.05, 0.1) is 22.3 Å². The van der Waals surface area contributed by atoms with E-state index in [0.717, 1.165) is 0 Å². The highest BCUT2D eigenvalue weighted by molar-refractivity contribution is 6.91. The number of hydrogen-bond acceptors (Lipinski definition) is 2. The molecule has 2 aromatic rings. The van der Waals surface area contributed by atoms with Crippen LogP contribution in [-0.2, 0) is 24.7 Å². The molecule has 0 radical (unpaired) electrons. The Morgan fingerprint density at radius 1 is 0.484 bits per heavy atom. The summed E-state index contributed by atoms with van der Waals surface area (Å²) in [4.78, 5) is 20.6. The van der Waals surface area contributed by atoms with Crippen LogP contribution in [-0.4, -0.2) is 18.2 Å². The van der Waals surface area contributed by atoms with E-state index in [9.17, 15) is 62.3 Å². The molecule has 0 unspecified atom stereocenters. The zero-order valence-corrected chi connectivity index (χ0v) is 15.4. The molecule has 2 N–H and O–H groups in total. The van der Waals surface area contributed by atoms with E-state index in [4.69, 9.17) is 0 Å².